The Hall–Kier alpha value is -1.96. The molecule has 2 aromatic rings. The molecule has 2 aromatic carbocycles. The maximum atomic E-state index is 14.1. The molecule has 5 nitrogen and oxygen atoms in total. The van der Waals surface area contributed by atoms with Crippen LogP contribution in [0.2, 0.25) is 5.02 Å². The number of nitrogens with zero attached hydrogens (tertiary/aromatic N) is 1. The predicted octanol–water partition coefficient (Wildman–Crippen LogP) is 3.48. The van der Waals surface area contributed by atoms with E-state index >= 15 is 0 Å². The largest absolute Gasteiger partial charge is 0.352 e. The number of carbonyl (C=O) groups is 1. The van der Waals surface area contributed by atoms with Crippen LogP contribution in [0.4, 0.5) is 4.39 Å². The Morgan fingerprint density at radius 3 is 2.33 bits per heavy atom. The second-order valence-electron chi connectivity index (χ2n) is 5.87. The first kappa shape index (κ1) is 21.3. The highest BCUT2D eigenvalue weighted by Gasteiger charge is 2.26. The van der Waals surface area contributed by atoms with Gasteiger partial charge in [-0.2, -0.15) is 4.31 Å². The van der Waals surface area contributed by atoms with Gasteiger partial charge in [-0.05, 0) is 42.3 Å². The molecule has 0 bridgehead atoms. The Labute approximate surface area is 164 Å². The molecule has 1 N–H and O–H groups in total. The number of carbonyl (C=O) groups excluding carboxylic acids is 1. The topological polar surface area (TPSA) is 66.5 Å². The lowest BCUT2D eigenvalue weighted by Gasteiger charge is -2.19. The highest BCUT2D eigenvalue weighted by atomic mass is 35.5. The van der Waals surface area contributed by atoms with E-state index in [1.54, 1.807) is 26.0 Å². The summed E-state index contributed by atoms with van der Waals surface area (Å²) in [5.74, 6) is -1.33. The summed E-state index contributed by atoms with van der Waals surface area (Å²) in [4.78, 5) is 11.8. The molecule has 146 valence electrons. The molecule has 0 spiro atoms. The fourth-order valence-electron chi connectivity index (χ4n) is 2.62. The molecule has 2 rings (SSSR count). The lowest BCUT2D eigenvalue weighted by atomic mass is 10.1. The van der Waals surface area contributed by atoms with E-state index in [9.17, 15) is 17.6 Å². The van der Waals surface area contributed by atoms with Crippen molar-refractivity contribution in [2.24, 2.45) is 0 Å². The number of amides is 1. The highest BCUT2D eigenvalue weighted by molar-refractivity contribution is 7.89. The van der Waals surface area contributed by atoms with Gasteiger partial charge in [0.2, 0.25) is 10.0 Å². The number of rotatable bonds is 8. The van der Waals surface area contributed by atoms with Crippen LogP contribution in [0.3, 0.4) is 0 Å². The first-order chi connectivity index (χ1) is 12.8. The van der Waals surface area contributed by atoms with Gasteiger partial charge in [-0.25, -0.2) is 12.8 Å². The summed E-state index contributed by atoms with van der Waals surface area (Å²) >= 11 is 5.83. The molecule has 0 saturated heterocycles. The van der Waals surface area contributed by atoms with Crippen molar-refractivity contribution in [1.29, 1.82) is 0 Å². The van der Waals surface area contributed by atoms with Crippen molar-refractivity contribution in [1.82, 2.24) is 9.62 Å². The average Bonchev–Trinajstić information content (AvgIpc) is 2.64. The lowest BCUT2D eigenvalue weighted by molar-refractivity contribution is 0.0954. The molecule has 0 fully saturated rings. The van der Waals surface area contributed by atoms with Crippen LogP contribution in [-0.4, -0.2) is 38.3 Å². The van der Waals surface area contributed by atoms with Crippen LogP contribution < -0.4 is 5.32 Å². The predicted molar refractivity (Wildman–Crippen MR) is 104 cm³/mol. The van der Waals surface area contributed by atoms with Crippen molar-refractivity contribution in [3.63, 3.8) is 0 Å². The lowest BCUT2D eigenvalue weighted by Crippen LogP contribution is -2.32. The molecule has 27 heavy (non-hydrogen) atoms. The Kier molecular flexibility index (Phi) is 7.35. The van der Waals surface area contributed by atoms with E-state index in [1.165, 1.54) is 6.07 Å². The SMILES string of the molecule is CCN(CC)S(=O)(=O)c1cc(C(=O)NCCc2ccc(Cl)cc2)ccc1F. The molecule has 0 radical (unpaired) electrons. The van der Waals surface area contributed by atoms with E-state index in [0.717, 1.165) is 22.0 Å². The van der Waals surface area contributed by atoms with Crippen molar-refractivity contribution in [2.45, 2.75) is 25.2 Å². The summed E-state index contributed by atoms with van der Waals surface area (Å²) in [6, 6.07) is 10.6. The number of halogens is 2. The molecule has 0 unspecified atom stereocenters. The molecule has 0 aliphatic rings. The first-order valence-corrected chi connectivity index (χ1v) is 10.4. The fraction of sp³-hybridized carbons (Fsp3) is 0.316. The minimum Gasteiger partial charge on any atom is -0.352 e. The minimum absolute atomic E-state index is 0.0956. The number of nitrogens with one attached hydrogen (secondary N) is 1. The number of sulfonamides is 1. The van der Waals surface area contributed by atoms with Gasteiger partial charge in [-0.3, -0.25) is 4.79 Å². The third kappa shape index (κ3) is 5.28. The zero-order valence-corrected chi connectivity index (χ0v) is 16.8. The van der Waals surface area contributed by atoms with Gasteiger partial charge in [0.15, 0.2) is 0 Å². The summed E-state index contributed by atoms with van der Waals surface area (Å²) in [5, 5.41) is 3.35. The zero-order valence-electron chi connectivity index (χ0n) is 15.2. The Bertz CT molecular complexity index is 898. The van der Waals surface area contributed by atoms with Gasteiger partial charge < -0.3 is 5.32 Å². The molecule has 1 amide bonds. The van der Waals surface area contributed by atoms with E-state index in [4.69, 9.17) is 11.6 Å². The molecule has 0 heterocycles. The first-order valence-electron chi connectivity index (χ1n) is 8.62. The van der Waals surface area contributed by atoms with Crippen molar-refractivity contribution >= 4 is 27.5 Å². The number of hydrogen-bond donors (Lipinski definition) is 1. The molecule has 8 heteroatoms. The van der Waals surface area contributed by atoms with E-state index in [2.05, 4.69) is 5.32 Å². The van der Waals surface area contributed by atoms with Gasteiger partial charge in [0.1, 0.15) is 10.7 Å². The van der Waals surface area contributed by atoms with Gasteiger partial charge in [0, 0.05) is 30.2 Å². The Morgan fingerprint density at radius 1 is 1.11 bits per heavy atom. The van der Waals surface area contributed by atoms with Gasteiger partial charge in [-0.1, -0.05) is 37.6 Å². The third-order valence-electron chi connectivity index (χ3n) is 4.13. The summed E-state index contributed by atoms with van der Waals surface area (Å²) in [5.41, 5.74) is 1.10. The smallest absolute Gasteiger partial charge is 0.251 e. The molecule has 0 atom stereocenters. The van der Waals surface area contributed by atoms with Crippen molar-refractivity contribution in [2.75, 3.05) is 19.6 Å². The van der Waals surface area contributed by atoms with Crippen LogP contribution >= 0.6 is 11.6 Å². The van der Waals surface area contributed by atoms with Crippen molar-refractivity contribution in [3.8, 4) is 0 Å². The highest BCUT2D eigenvalue weighted by Crippen LogP contribution is 2.21. The molecular weight excluding hydrogens is 391 g/mol. The van der Waals surface area contributed by atoms with Crippen LogP contribution in [0.5, 0.6) is 0 Å². The van der Waals surface area contributed by atoms with Crippen LogP contribution in [0, 0.1) is 5.82 Å². The Morgan fingerprint density at radius 2 is 1.74 bits per heavy atom. The second kappa shape index (κ2) is 9.30. The maximum absolute atomic E-state index is 14.1. The van der Waals surface area contributed by atoms with Crippen LogP contribution in [-0.2, 0) is 16.4 Å². The standard InChI is InChI=1S/C19H22ClFN2O3S/c1-3-23(4-2)27(25,26)18-13-15(7-10-17(18)21)19(24)22-12-11-14-5-8-16(20)9-6-14/h5-10,13H,3-4,11-12H2,1-2H3,(H,22,24). The van der Waals surface area contributed by atoms with Gasteiger partial charge in [0.25, 0.3) is 5.91 Å². The molecular formula is C19H22ClFN2O3S. The summed E-state index contributed by atoms with van der Waals surface area (Å²) in [7, 11) is -3.99. The number of hydrogen-bond acceptors (Lipinski definition) is 3. The maximum Gasteiger partial charge on any atom is 0.251 e. The third-order valence-corrected chi connectivity index (χ3v) is 6.45. The summed E-state index contributed by atoms with van der Waals surface area (Å²) in [6.45, 7) is 4.14. The fourth-order valence-corrected chi connectivity index (χ4v) is 4.29. The summed E-state index contributed by atoms with van der Waals surface area (Å²) < 4.78 is 40.4. The molecule has 0 aromatic heterocycles. The van der Waals surface area contributed by atoms with E-state index in [0.29, 0.717) is 18.0 Å². The minimum atomic E-state index is -3.99. The van der Waals surface area contributed by atoms with Crippen LogP contribution in [0.1, 0.15) is 29.8 Å². The normalized spacial score (nSPS) is 11.6. The van der Waals surface area contributed by atoms with E-state index in [1.807, 2.05) is 12.1 Å². The second-order valence-corrected chi connectivity index (χ2v) is 8.21. The molecule has 0 saturated carbocycles. The zero-order chi connectivity index (χ0) is 20.0. The van der Waals surface area contributed by atoms with Gasteiger partial charge in [0.05, 0.1) is 0 Å². The average molecular weight is 413 g/mol. The van der Waals surface area contributed by atoms with Crippen molar-refractivity contribution in [3.05, 3.63) is 64.4 Å². The van der Waals surface area contributed by atoms with E-state index in [-0.39, 0.29) is 18.7 Å². The monoisotopic (exact) mass is 412 g/mol. The van der Waals surface area contributed by atoms with Crippen LogP contribution in [0.25, 0.3) is 0 Å². The van der Waals surface area contributed by atoms with Crippen LogP contribution in [0.15, 0.2) is 47.4 Å². The van der Waals surface area contributed by atoms with E-state index < -0.39 is 26.6 Å². The Balaban J connectivity index is 2.12. The van der Waals surface area contributed by atoms with Gasteiger partial charge in [-0.15, -0.1) is 0 Å². The molecule has 0 aliphatic heterocycles. The van der Waals surface area contributed by atoms with Crippen molar-refractivity contribution < 1.29 is 17.6 Å². The summed E-state index contributed by atoms with van der Waals surface area (Å²) in [6.07, 6.45) is 0.592. The number of benzene rings is 2. The molecule has 0 aliphatic carbocycles. The van der Waals surface area contributed by atoms with Gasteiger partial charge >= 0.3 is 0 Å². The quantitative estimate of drug-likeness (QED) is 0.721.